The zero-order chi connectivity index (χ0) is 14.6. The molecule has 0 N–H and O–H groups in total. The van der Waals surface area contributed by atoms with Gasteiger partial charge in [-0.15, -0.1) is 0 Å². The summed E-state index contributed by atoms with van der Waals surface area (Å²) in [5.74, 6) is 0. The Bertz CT molecular complexity index is 755. The van der Waals surface area contributed by atoms with E-state index in [1.165, 1.54) is 35.0 Å². The number of aromatic nitrogens is 1. The molecule has 1 aromatic heterocycles. The number of fused-ring (bicyclic) bond motifs is 6. The highest BCUT2D eigenvalue weighted by Crippen LogP contribution is 2.47. The van der Waals surface area contributed by atoms with Crippen molar-refractivity contribution in [3.8, 4) is 6.07 Å². The molecule has 1 fully saturated rings. The van der Waals surface area contributed by atoms with Gasteiger partial charge in [0.25, 0.3) is 0 Å². The predicted molar refractivity (Wildman–Crippen MR) is 84.4 cm³/mol. The van der Waals surface area contributed by atoms with Crippen molar-refractivity contribution in [3.05, 3.63) is 34.5 Å². The van der Waals surface area contributed by atoms with E-state index in [2.05, 4.69) is 34.7 Å². The summed E-state index contributed by atoms with van der Waals surface area (Å²) in [6, 6.07) is 9.62. The second-order valence-corrected chi connectivity index (χ2v) is 6.63. The summed E-state index contributed by atoms with van der Waals surface area (Å²) in [5.41, 5.74) is 4.13. The molecule has 0 amide bonds. The summed E-state index contributed by atoms with van der Waals surface area (Å²) in [4.78, 5) is 2.53. The average molecular weight is 300 g/mol. The fraction of sp³-hybridized carbons (Fsp3) is 0.471. The maximum Gasteiger partial charge on any atom is 0.0640 e. The van der Waals surface area contributed by atoms with E-state index in [1.54, 1.807) is 0 Å². The molecule has 2 atom stereocenters. The lowest BCUT2D eigenvalue weighted by Crippen LogP contribution is -2.34. The van der Waals surface area contributed by atoms with Crippen LogP contribution < -0.4 is 0 Å². The van der Waals surface area contributed by atoms with Crippen LogP contribution >= 0.6 is 11.6 Å². The number of hydrogen-bond acceptors (Lipinski definition) is 2. The molecule has 0 aliphatic carbocycles. The Morgan fingerprint density at radius 3 is 3.05 bits per heavy atom. The molecule has 1 saturated heterocycles. The first-order valence-corrected chi connectivity index (χ1v) is 7.98. The number of nitrogens with zero attached hydrogens (tertiary/aromatic N) is 3. The number of benzene rings is 1. The van der Waals surface area contributed by atoms with Crippen molar-refractivity contribution < 1.29 is 0 Å². The summed E-state index contributed by atoms with van der Waals surface area (Å²) in [5, 5.41) is 11.0. The molecule has 4 rings (SSSR count). The largest absolute Gasteiger partial charge is 0.343 e. The smallest absolute Gasteiger partial charge is 0.0640 e. The van der Waals surface area contributed by atoms with Gasteiger partial charge >= 0.3 is 0 Å². The maximum absolute atomic E-state index is 8.95. The van der Waals surface area contributed by atoms with Gasteiger partial charge in [0.05, 0.1) is 12.5 Å². The van der Waals surface area contributed by atoms with Crippen molar-refractivity contribution in [1.82, 2.24) is 9.47 Å². The molecule has 0 saturated carbocycles. The van der Waals surface area contributed by atoms with E-state index in [1.807, 2.05) is 6.07 Å². The van der Waals surface area contributed by atoms with Crippen LogP contribution in [-0.2, 0) is 13.0 Å². The summed E-state index contributed by atoms with van der Waals surface area (Å²) in [7, 11) is 2.24. The van der Waals surface area contributed by atoms with Gasteiger partial charge in [0.2, 0.25) is 0 Å². The minimum absolute atomic E-state index is 0.517. The summed E-state index contributed by atoms with van der Waals surface area (Å²) in [6.07, 6.45) is 4.16. The monoisotopic (exact) mass is 299 g/mol. The standard InChI is InChI=1S/C17H18ClN3/c1-20-12-4-6-15(20)17-13-9-11(18)3-5-14(13)21(8-2-7-19)16(17)10-12/h3,5,9,12,15H,2,4,6,8,10H2,1H3. The van der Waals surface area contributed by atoms with E-state index in [9.17, 15) is 0 Å². The molecular weight excluding hydrogens is 282 g/mol. The zero-order valence-corrected chi connectivity index (χ0v) is 12.9. The summed E-state index contributed by atoms with van der Waals surface area (Å²) >= 11 is 6.24. The van der Waals surface area contributed by atoms with Crippen LogP contribution in [0.3, 0.4) is 0 Å². The highest BCUT2D eigenvalue weighted by molar-refractivity contribution is 6.31. The Balaban J connectivity index is 1.98. The first-order chi connectivity index (χ1) is 10.2. The highest BCUT2D eigenvalue weighted by atomic mass is 35.5. The van der Waals surface area contributed by atoms with Crippen molar-refractivity contribution in [3.63, 3.8) is 0 Å². The lowest BCUT2D eigenvalue weighted by atomic mass is 9.97. The van der Waals surface area contributed by atoms with Crippen molar-refractivity contribution >= 4 is 22.5 Å². The molecule has 0 spiro atoms. The van der Waals surface area contributed by atoms with E-state index >= 15 is 0 Å². The number of hydrogen-bond donors (Lipinski definition) is 0. The molecule has 2 bridgehead atoms. The molecule has 2 aromatic rings. The van der Waals surface area contributed by atoms with Gasteiger partial charge in [-0.25, -0.2) is 0 Å². The quantitative estimate of drug-likeness (QED) is 0.842. The highest BCUT2D eigenvalue weighted by Gasteiger charge is 2.40. The Labute approximate surface area is 129 Å². The number of aryl methyl sites for hydroxylation is 1. The third-order valence-corrected chi connectivity index (χ3v) is 5.46. The summed E-state index contributed by atoms with van der Waals surface area (Å²) in [6.45, 7) is 0.785. The molecule has 21 heavy (non-hydrogen) atoms. The molecule has 0 radical (unpaired) electrons. The van der Waals surface area contributed by atoms with Crippen LogP contribution in [0.25, 0.3) is 10.9 Å². The van der Waals surface area contributed by atoms with Crippen LogP contribution in [0.4, 0.5) is 0 Å². The van der Waals surface area contributed by atoms with Crippen LogP contribution in [0.15, 0.2) is 18.2 Å². The fourth-order valence-corrected chi connectivity index (χ4v) is 4.42. The Kier molecular flexibility index (Phi) is 2.99. The van der Waals surface area contributed by atoms with Gasteiger partial charge in [-0.05, 0) is 43.7 Å². The second-order valence-electron chi connectivity index (χ2n) is 6.20. The third-order valence-electron chi connectivity index (χ3n) is 5.23. The van der Waals surface area contributed by atoms with Crippen LogP contribution in [-0.4, -0.2) is 22.6 Å². The lowest BCUT2D eigenvalue weighted by Gasteiger charge is -2.32. The molecule has 2 aliphatic rings. The van der Waals surface area contributed by atoms with Crippen LogP contribution in [0.5, 0.6) is 0 Å². The number of halogens is 1. The van der Waals surface area contributed by atoms with Gasteiger partial charge < -0.3 is 4.57 Å². The first-order valence-electron chi connectivity index (χ1n) is 7.60. The molecule has 3 heterocycles. The van der Waals surface area contributed by atoms with E-state index in [0.717, 1.165) is 18.0 Å². The normalized spacial score (nSPS) is 24.2. The first kappa shape index (κ1) is 13.2. The second kappa shape index (κ2) is 4.76. The summed E-state index contributed by atoms with van der Waals surface area (Å²) < 4.78 is 2.36. The van der Waals surface area contributed by atoms with E-state index < -0.39 is 0 Å². The number of rotatable bonds is 2. The van der Waals surface area contributed by atoms with Crippen LogP contribution in [0.1, 0.15) is 36.6 Å². The molecule has 3 nitrogen and oxygen atoms in total. The maximum atomic E-state index is 8.95. The molecule has 2 unspecified atom stereocenters. The number of nitriles is 1. The SMILES string of the molecule is CN1C2CCC1c1c(n(CCC#N)c3ccc(Cl)cc13)C2. The van der Waals surface area contributed by atoms with Crippen LogP contribution in [0.2, 0.25) is 5.02 Å². The van der Waals surface area contributed by atoms with Gasteiger partial charge in [-0.1, -0.05) is 11.6 Å². The predicted octanol–water partition coefficient (Wildman–Crippen LogP) is 3.90. The number of likely N-dealkylation sites (N-methyl/N-ethyl adjacent to an activating group) is 1. The minimum Gasteiger partial charge on any atom is -0.343 e. The molecule has 108 valence electrons. The fourth-order valence-electron chi connectivity index (χ4n) is 4.24. The van der Waals surface area contributed by atoms with Crippen LogP contribution in [0, 0.1) is 11.3 Å². The van der Waals surface area contributed by atoms with E-state index in [0.29, 0.717) is 18.5 Å². The van der Waals surface area contributed by atoms with Crippen molar-refractivity contribution in [2.75, 3.05) is 7.05 Å². The van der Waals surface area contributed by atoms with Crippen molar-refractivity contribution in [2.24, 2.45) is 0 Å². The van der Waals surface area contributed by atoms with Crippen molar-refractivity contribution in [2.45, 2.75) is 44.3 Å². The average Bonchev–Trinajstić information content (AvgIpc) is 2.88. The Morgan fingerprint density at radius 2 is 2.24 bits per heavy atom. The van der Waals surface area contributed by atoms with E-state index in [-0.39, 0.29) is 0 Å². The Morgan fingerprint density at radius 1 is 1.38 bits per heavy atom. The van der Waals surface area contributed by atoms with Gasteiger partial charge in [-0.3, -0.25) is 4.90 Å². The molecule has 1 aromatic carbocycles. The molecular formula is C17H18ClN3. The molecule has 2 aliphatic heterocycles. The van der Waals surface area contributed by atoms with Crippen molar-refractivity contribution in [1.29, 1.82) is 5.26 Å². The van der Waals surface area contributed by atoms with Gasteiger partial charge in [0, 0.05) is 46.7 Å². The Hall–Kier alpha value is -1.50. The van der Waals surface area contributed by atoms with Gasteiger partial charge in [0.15, 0.2) is 0 Å². The minimum atomic E-state index is 0.517. The molecule has 4 heteroatoms. The van der Waals surface area contributed by atoms with Gasteiger partial charge in [0.1, 0.15) is 0 Å². The van der Waals surface area contributed by atoms with E-state index in [4.69, 9.17) is 16.9 Å². The topological polar surface area (TPSA) is 32.0 Å². The third kappa shape index (κ3) is 1.83. The zero-order valence-electron chi connectivity index (χ0n) is 12.1. The lowest BCUT2D eigenvalue weighted by molar-refractivity contribution is 0.222. The van der Waals surface area contributed by atoms with Gasteiger partial charge in [-0.2, -0.15) is 5.26 Å².